The standard InChI is InChI=1S/C22H25ClO3/c1-4-15-11-17(16-9-10-16)21(12-19(15)23)25-13-18-14(3)7-6-8-20(18)26-22(24)5-2/h6-8,11-12,16H,4-5,9-10,13H2,1-3H3. The molecule has 4 heteroatoms. The van der Waals surface area contributed by atoms with Crippen molar-refractivity contribution in [2.24, 2.45) is 0 Å². The largest absolute Gasteiger partial charge is 0.488 e. The number of carbonyl (C=O) groups excluding carboxylic acids is 1. The topological polar surface area (TPSA) is 35.5 Å². The number of esters is 1. The number of hydrogen-bond donors (Lipinski definition) is 0. The maximum Gasteiger partial charge on any atom is 0.310 e. The molecule has 3 nitrogen and oxygen atoms in total. The summed E-state index contributed by atoms with van der Waals surface area (Å²) < 4.78 is 11.6. The maximum atomic E-state index is 11.7. The van der Waals surface area contributed by atoms with Gasteiger partial charge in [0.2, 0.25) is 0 Å². The van der Waals surface area contributed by atoms with Crippen LogP contribution in [0.1, 0.15) is 61.3 Å². The van der Waals surface area contributed by atoms with Gasteiger partial charge in [-0.25, -0.2) is 0 Å². The number of rotatable bonds is 7. The third-order valence-electron chi connectivity index (χ3n) is 4.83. The Kier molecular flexibility index (Phi) is 5.87. The molecule has 1 aliphatic rings. The van der Waals surface area contributed by atoms with Gasteiger partial charge >= 0.3 is 5.97 Å². The zero-order chi connectivity index (χ0) is 18.7. The molecular weight excluding hydrogens is 348 g/mol. The summed E-state index contributed by atoms with van der Waals surface area (Å²) in [5.41, 5.74) is 4.34. The number of carbonyl (C=O) groups is 1. The highest BCUT2D eigenvalue weighted by Gasteiger charge is 2.28. The second-order valence-corrected chi connectivity index (χ2v) is 7.18. The van der Waals surface area contributed by atoms with E-state index in [1.807, 2.05) is 31.2 Å². The third kappa shape index (κ3) is 4.21. The Morgan fingerprint density at radius 3 is 2.62 bits per heavy atom. The van der Waals surface area contributed by atoms with Crippen LogP contribution in [0.2, 0.25) is 5.02 Å². The monoisotopic (exact) mass is 372 g/mol. The third-order valence-corrected chi connectivity index (χ3v) is 5.18. The molecule has 1 fully saturated rings. The van der Waals surface area contributed by atoms with E-state index in [1.165, 1.54) is 18.4 Å². The van der Waals surface area contributed by atoms with Crippen LogP contribution in [-0.4, -0.2) is 5.97 Å². The summed E-state index contributed by atoms with van der Waals surface area (Å²) in [6.45, 7) is 6.24. The smallest absolute Gasteiger partial charge is 0.310 e. The Hall–Kier alpha value is -2.00. The maximum absolute atomic E-state index is 11.7. The van der Waals surface area contributed by atoms with Crippen LogP contribution in [0.25, 0.3) is 0 Å². The molecule has 0 aromatic heterocycles. The van der Waals surface area contributed by atoms with Crippen molar-refractivity contribution in [1.82, 2.24) is 0 Å². The molecule has 0 aliphatic heterocycles. The zero-order valence-electron chi connectivity index (χ0n) is 15.6. The van der Waals surface area contributed by atoms with E-state index in [-0.39, 0.29) is 5.97 Å². The first-order valence-corrected chi connectivity index (χ1v) is 9.65. The molecule has 0 spiro atoms. The lowest BCUT2D eigenvalue weighted by molar-refractivity contribution is -0.134. The van der Waals surface area contributed by atoms with Gasteiger partial charge in [0.05, 0.1) is 0 Å². The fourth-order valence-electron chi connectivity index (χ4n) is 3.03. The Morgan fingerprint density at radius 1 is 1.19 bits per heavy atom. The highest BCUT2D eigenvalue weighted by atomic mass is 35.5. The van der Waals surface area contributed by atoms with Crippen molar-refractivity contribution in [3.05, 3.63) is 57.6 Å². The van der Waals surface area contributed by atoms with E-state index in [2.05, 4.69) is 13.0 Å². The average Bonchev–Trinajstić information content (AvgIpc) is 3.46. The molecule has 26 heavy (non-hydrogen) atoms. The Balaban J connectivity index is 1.85. The molecule has 0 heterocycles. The van der Waals surface area contributed by atoms with E-state index < -0.39 is 0 Å². The summed E-state index contributed by atoms with van der Waals surface area (Å²) in [6.07, 6.45) is 3.65. The van der Waals surface area contributed by atoms with Crippen molar-refractivity contribution in [3.8, 4) is 11.5 Å². The number of aryl methyl sites for hydroxylation is 2. The minimum Gasteiger partial charge on any atom is -0.488 e. The first kappa shape index (κ1) is 18.8. The molecule has 0 N–H and O–H groups in total. The Labute approximate surface area is 160 Å². The average molecular weight is 373 g/mol. The predicted octanol–water partition coefficient (Wildman–Crippen LogP) is 5.98. The lowest BCUT2D eigenvalue weighted by atomic mass is 10.0. The lowest BCUT2D eigenvalue weighted by Gasteiger charge is -2.17. The minimum absolute atomic E-state index is 0.245. The van der Waals surface area contributed by atoms with Gasteiger partial charge in [-0.1, -0.05) is 43.6 Å². The van der Waals surface area contributed by atoms with Gasteiger partial charge in [-0.2, -0.15) is 0 Å². The van der Waals surface area contributed by atoms with Crippen molar-refractivity contribution < 1.29 is 14.3 Å². The van der Waals surface area contributed by atoms with E-state index in [0.29, 0.717) is 24.7 Å². The van der Waals surface area contributed by atoms with Crippen molar-refractivity contribution >= 4 is 17.6 Å². The summed E-state index contributed by atoms with van der Waals surface area (Å²) in [4.78, 5) is 11.7. The summed E-state index contributed by atoms with van der Waals surface area (Å²) in [5.74, 6) is 1.74. The van der Waals surface area contributed by atoms with Crippen LogP contribution < -0.4 is 9.47 Å². The van der Waals surface area contributed by atoms with Gasteiger partial charge < -0.3 is 9.47 Å². The zero-order valence-corrected chi connectivity index (χ0v) is 16.4. The molecule has 138 valence electrons. The summed E-state index contributed by atoms with van der Waals surface area (Å²) >= 11 is 6.41. The molecule has 1 saturated carbocycles. The fourth-order valence-corrected chi connectivity index (χ4v) is 3.32. The molecule has 0 amide bonds. The fraction of sp³-hybridized carbons (Fsp3) is 0.409. The summed E-state index contributed by atoms with van der Waals surface area (Å²) in [6, 6.07) is 9.82. The van der Waals surface area contributed by atoms with Crippen molar-refractivity contribution in [2.45, 2.75) is 59.0 Å². The summed E-state index contributed by atoms with van der Waals surface area (Å²) in [7, 11) is 0. The lowest BCUT2D eigenvalue weighted by Crippen LogP contribution is -2.10. The van der Waals surface area contributed by atoms with Crippen molar-refractivity contribution in [3.63, 3.8) is 0 Å². The van der Waals surface area contributed by atoms with Gasteiger partial charge in [-0.3, -0.25) is 4.79 Å². The predicted molar refractivity (Wildman–Crippen MR) is 104 cm³/mol. The molecule has 0 saturated heterocycles. The molecular formula is C22H25ClO3. The highest BCUT2D eigenvalue weighted by Crippen LogP contribution is 2.46. The summed E-state index contributed by atoms with van der Waals surface area (Å²) in [5, 5.41) is 0.745. The molecule has 2 aromatic rings. The highest BCUT2D eigenvalue weighted by molar-refractivity contribution is 6.31. The van der Waals surface area contributed by atoms with Crippen LogP contribution in [-0.2, 0) is 17.8 Å². The van der Waals surface area contributed by atoms with E-state index in [9.17, 15) is 4.79 Å². The van der Waals surface area contributed by atoms with Crippen LogP contribution in [0.5, 0.6) is 11.5 Å². The normalized spacial score (nSPS) is 13.5. The molecule has 1 aliphatic carbocycles. The number of ether oxygens (including phenoxy) is 2. The quantitative estimate of drug-likeness (QED) is 0.442. The van der Waals surface area contributed by atoms with Crippen molar-refractivity contribution in [1.29, 1.82) is 0 Å². The van der Waals surface area contributed by atoms with Crippen LogP contribution >= 0.6 is 11.6 Å². The van der Waals surface area contributed by atoms with Gasteiger partial charge in [0.15, 0.2) is 0 Å². The van der Waals surface area contributed by atoms with E-state index in [4.69, 9.17) is 21.1 Å². The molecule has 3 rings (SSSR count). The van der Waals surface area contributed by atoms with E-state index in [1.54, 1.807) is 6.92 Å². The van der Waals surface area contributed by atoms with Gasteiger partial charge in [0.25, 0.3) is 0 Å². The molecule has 0 unspecified atom stereocenters. The first-order chi connectivity index (χ1) is 12.5. The number of halogens is 1. The second kappa shape index (κ2) is 8.13. The number of benzene rings is 2. The molecule has 0 atom stereocenters. The first-order valence-electron chi connectivity index (χ1n) is 9.27. The molecule has 0 radical (unpaired) electrons. The SMILES string of the molecule is CCC(=O)Oc1cccc(C)c1COc1cc(Cl)c(CC)cc1C1CC1. The Bertz CT molecular complexity index is 809. The minimum atomic E-state index is -0.245. The van der Waals surface area contributed by atoms with Gasteiger partial charge in [-0.15, -0.1) is 0 Å². The Morgan fingerprint density at radius 2 is 1.96 bits per heavy atom. The van der Waals surface area contributed by atoms with E-state index in [0.717, 1.165) is 33.9 Å². The molecule has 0 bridgehead atoms. The van der Waals surface area contributed by atoms with Gasteiger partial charge in [0, 0.05) is 17.0 Å². The van der Waals surface area contributed by atoms with Gasteiger partial charge in [0.1, 0.15) is 18.1 Å². The van der Waals surface area contributed by atoms with Crippen molar-refractivity contribution in [2.75, 3.05) is 0 Å². The van der Waals surface area contributed by atoms with Gasteiger partial charge in [-0.05, 0) is 60.9 Å². The van der Waals surface area contributed by atoms with Crippen LogP contribution in [0.15, 0.2) is 30.3 Å². The van der Waals surface area contributed by atoms with Crippen LogP contribution in [0, 0.1) is 6.92 Å². The second-order valence-electron chi connectivity index (χ2n) is 6.78. The van der Waals surface area contributed by atoms with Crippen LogP contribution in [0.4, 0.5) is 0 Å². The molecule has 2 aromatic carbocycles. The number of hydrogen-bond acceptors (Lipinski definition) is 3. The van der Waals surface area contributed by atoms with Crippen LogP contribution in [0.3, 0.4) is 0 Å². The van der Waals surface area contributed by atoms with E-state index >= 15 is 0 Å².